The number of nitrogens with one attached hydrogen (secondary N) is 1. The fraction of sp³-hybridized carbons (Fsp3) is 0.500. The van der Waals surface area contributed by atoms with E-state index in [2.05, 4.69) is 11.4 Å². The maximum Gasteiger partial charge on any atom is 0.111 e. The highest BCUT2D eigenvalue weighted by atomic mass is 35.5. The summed E-state index contributed by atoms with van der Waals surface area (Å²) in [4.78, 5) is 1.35. The minimum Gasteiger partial charge on any atom is -0.316 e. The Balaban J connectivity index is 2.16. The Morgan fingerprint density at radius 1 is 1.50 bits per heavy atom. The van der Waals surface area contributed by atoms with Crippen LogP contribution in [-0.4, -0.2) is 13.1 Å². The van der Waals surface area contributed by atoms with Gasteiger partial charge in [-0.25, -0.2) is 0 Å². The highest BCUT2D eigenvalue weighted by Crippen LogP contribution is 2.48. The van der Waals surface area contributed by atoms with Crippen molar-refractivity contribution in [3.05, 3.63) is 20.3 Å². The molecule has 0 spiro atoms. The summed E-state index contributed by atoms with van der Waals surface area (Å²) in [5, 5.41) is 12.4. The van der Waals surface area contributed by atoms with Crippen LogP contribution in [0.4, 0.5) is 0 Å². The molecule has 0 aromatic carbocycles. The second-order valence-corrected chi connectivity index (χ2v) is 5.64. The second-order valence-electron chi connectivity index (χ2n) is 3.93. The Bertz CT molecular complexity index is 432. The summed E-state index contributed by atoms with van der Waals surface area (Å²) in [5.41, 5.74) is 1.99. The van der Waals surface area contributed by atoms with Crippen molar-refractivity contribution in [2.24, 2.45) is 5.92 Å². The van der Waals surface area contributed by atoms with E-state index in [1.807, 2.05) is 0 Å². The topological polar surface area (TPSA) is 35.8 Å². The van der Waals surface area contributed by atoms with Gasteiger partial charge in [-0.3, -0.25) is 0 Å². The first kappa shape index (κ1) is 8.72. The molecule has 2 aliphatic rings. The third-order valence-electron chi connectivity index (χ3n) is 3.25. The lowest BCUT2D eigenvalue weighted by atomic mass is 9.95. The van der Waals surface area contributed by atoms with Crippen LogP contribution >= 0.6 is 22.9 Å². The summed E-state index contributed by atoms with van der Waals surface area (Å²) in [5.74, 6) is 1.25. The van der Waals surface area contributed by atoms with Crippen LogP contribution in [0.1, 0.15) is 21.9 Å². The maximum absolute atomic E-state index is 9.04. The van der Waals surface area contributed by atoms with Gasteiger partial charge in [0.15, 0.2) is 0 Å². The van der Waals surface area contributed by atoms with Crippen LogP contribution in [0.25, 0.3) is 0 Å². The van der Waals surface area contributed by atoms with Crippen molar-refractivity contribution in [3.8, 4) is 6.07 Å². The van der Waals surface area contributed by atoms with Gasteiger partial charge in [-0.05, 0) is 24.4 Å². The molecule has 1 aromatic heterocycles. The third-order valence-corrected chi connectivity index (χ3v) is 4.69. The molecule has 1 N–H and O–H groups in total. The zero-order chi connectivity index (χ0) is 9.71. The van der Waals surface area contributed by atoms with E-state index in [4.69, 9.17) is 16.9 Å². The summed E-state index contributed by atoms with van der Waals surface area (Å²) in [7, 11) is 0. The molecule has 0 bridgehead atoms. The fourth-order valence-corrected chi connectivity index (χ4v) is 4.19. The van der Waals surface area contributed by atoms with Gasteiger partial charge in [0, 0.05) is 17.3 Å². The zero-order valence-electron chi connectivity index (χ0n) is 7.51. The Morgan fingerprint density at radius 2 is 2.36 bits per heavy atom. The van der Waals surface area contributed by atoms with E-state index in [-0.39, 0.29) is 0 Å². The van der Waals surface area contributed by atoms with Crippen LogP contribution in [0.5, 0.6) is 0 Å². The number of fused-ring (bicyclic) bond motifs is 3. The molecule has 1 fully saturated rings. The van der Waals surface area contributed by atoms with Crippen molar-refractivity contribution in [3.63, 3.8) is 0 Å². The van der Waals surface area contributed by atoms with E-state index in [1.165, 1.54) is 10.4 Å². The Kier molecular flexibility index (Phi) is 1.85. The monoisotopic (exact) mass is 224 g/mol. The summed E-state index contributed by atoms with van der Waals surface area (Å²) >= 11 is 7.63. The lowest BCUT2D eigenvalue weighted by Gasteiger charge is -2.07. The molecular formula is C10H9ClN2S. The Labute approximate surface area is 91.5 Å². The summed E-state index contributed by atoms with van der Waals surface area (Å²) in [6.45, 7) is 2.11. The van der Waals surface area contributed by atoms with Crippen LogP contribution in [0.3, 0.4) is 0 Å². The first-order valence-electron chi connectivity index (χ1n) is 4.73. The van der Waals surface area contributed by atoms with E-state index < -0.39 is 0 Å². The normalized spacial score (nSPS) is 28.6. The van der Waals surface area contributed by atoms with Gasteiger partial charge < -0.3 is 5.32 Å². The van der Waals surface area contributed by atoms with Gasteiger partial charge in [-0.2, -0.15) is 5.26 Å². The number of hydrogen-bond acceptors (Lipinski definition) is 3. The van der Waals surface area contributed by atoms with Crippen LogP contribution in [0, 0.1) is 17.2 Å². The standard InChI is InChI=1S/C10H9ClN2S/c11-10-6(2-12)9-7-4-13-3-5(7)1-8(9)14-10/h5,7,13H,1,3-4H2. The lowest BCUT2D eigenvalue weighted by molar-refractivity contribution is 0.565. The molecule has 1 aliphatic heterocycles. The van der Waals surface area contributed by atoms with Crippen molar-refractivity contribution in [1.82, 2.24) is 5.32 Å². The number of nitrogens with zero attached hydrogens (tertiary/aromatic N) is 1. The summed E-state index contributed by atoms with van der Waals surface area (Å²) in [6, 6.07) is 2.24. The molecule has 2 heterocycles. The van der Waals surface area contributed by atoms with Gasteiger partial charge in [0.25, 0.3) is 0 Å². The van der Waals surface area contributed by atoms with Crippen molar-refractivity contribution < 1.29 is 0 Å². The average Bonchev–Trinajstić information content (AvgIpc) is 2.74. The van der Waals surface area contributed by atoms with E-state index in [0.717, 1.165) is 25.1 Å². The van der Waals surface area contributed by atoms with E-state index in [9.17, 15) is 0 Å². The molecule has 1 aliphatic carbocycles. The zero-order valence-corrected chi connectivity index (χ0v) is 9.08. The Morgan fingerprint density at radius 3 is 3.14 bits per heavy atom. The number of thiophene rings is 1. The second kappa shape index (κ2) is 2.96. The molecule has 1 saturated heterocycles. The van der Waals surface area contributed by atoms with Crippen LogP contribution in [0.2, 0.25) is 4.34 Å². The molecule has 2 unspecified atom stereocenters. The highest BCUT2D eigenvalue weighted by molar-refractivity contribution is 7.16. The number of halogens is 1. The van der Waals surface area contributed by atoms with Gasteiger partial charge >= 0.3 is 0 Å². The number of nitriles is 1. The Hall–Kier alpha value is -0.560. The van der Waals surface area contributed by atoms with Crippen LogP contribution in [0.15, 0.2) is 0 Å². The molecule has 72 valence electrons. The number of hydrogen-bond donors (Lipinski definition) is 1. The van der Waals surface area contributed by atoms with Gasteiger partial charge in [-0.1, -0.05) is 11.6 Å². The fourth-order valence-electron chi connectivity index (χ4n) is 2.63. The average molecular weight is 225 g/mol. The molecule has 0 radical (unpaired) electrons. The van der Waals surface area contributed by atoms with Gasteiger partial charge in [0.1, 0.15) is 10.4 Å². The molecule has 14 heavy (non-hydrogen) atoms. The molecule has 3 rings (SSSR count). The quantitative estimate of drug-likeness (QED) is 0.733. The minimum atomic E-state index is 0.545. The summed E-state index contributed by atoms with van der Waals surface area (Å²) in [6.07, 6.45) is 1.11. The molecule has 1 aromatic rings. The van der Waals surface area contributed by atoms with E-state index in [0.29, 0.717) is 16.2 Å². The largest absolute Gasteiger partial charge is 0.316 e. The molecule has 0 saturated carbocycles. The maximum atomic E-state index is 9.04. The van der Waals surface area contributed by atoms with E-state index in [1.54, 1.807) is 11.3 Å². The van der Waals surface area contributed by atoms with Gasteiger partial charge in [0.2, 0.25) is 0 Å². The first-order valence-corrected chi connectivity index (χ1v) is 5.92. The first-order chi connectivity index (χ1) is 6.81. The van der Waals surface area contributed by atoms with Crippen molar-refractivity contribution in [2.75, 3.05) is 13.1 Å². The molecule has 4 heteroatoms. The minimum absolute atomic E-state index is 0.545. The van der Waals surface area contributed by atoms with Gasteiger partial charge in [-0.15, -0.1) is 11.3 Å². The predicted molar refractivity (Wildman–Crippen MR) is 56.8 cm³/mol. The van der Waals surface area contributed by atoms with Crippen molar-refractivity contribution >= 4 is 22.9 Å². The lowest BCUT2D eigenvalue weighted by Crippen LogP contribution is -2.09. The van der Waals surface area contributed by atoms with Crippen LogP contribution in [-0.2, 0) is 6.42 Å². The van der Waals surface area contributed by atoms with Crippen molar-refractivity contribution in [2.45, 2.75) is 12.3 Å². The molecule has 2 atom stereocenters. The summed E-state index contributed by atoms with van der Waals surface area (Å²) < 4.78 is 0.683. The predicted octanol–water partition coefficient (Wildman–Crippen LogP) is 2.13. The third kappa shape index (κ3) is 0.993. The van der Waals surface area contributed by atoms with E-state index >= 15 is 0 Å². The molecule has 2 nitrogen and oxygen atoms in total. The number of rotatable bonds is 0. The van der Waals surface area contributed by atoms with Gasteiger partial charge in [0.05, 0.1) is 5.56 Å². The van der Waals surface area contributed by atoms with Crippen molar-refractivity contribution in [1.29, 1.82) is 5.26 Å². The smallest absolute Gasteiger partial charge is 0.111 e. The molecule has 0 amide bonds. The SMILES string of the molecule is N#Cc1c(Cl)sc2c1C1CNCC1C2. The highest BCUT2D eigenvalue weighted by Gasteiger charge is 2.40. The molecular weight excluding hydrogens is 216 g/mol. The van der Waals surface area contributed by atoms with Crippen LogP contribution < -0.4 is 5.32 Å².